The Morgan fingerprint density at radius 2 is 2.13 bits per heavy atom. The van der Waals surface area contributed by atoms with Crippen LogP contribution in [0.1, 0.15) is 32.6 Å². The van der Waals surface area contributed by atoms with E-state index in [1.165, 1.54) is 0 Å². The molecule has 23 heavy (non-hydrogen) atoms. The lowest BCUT2D eigenvalue weighted by Crippen LogP contribution is -2.46. The Morgan fingerprint density at radius 1 is 1.39 bits per heavy atom. The van der Waals surface area contributed by atoms with Gasteiger partial charge in [0.25, 0.3) is 5.56 Å². The summed E-state index contributed by atoms with van der Waals surface area (Å²) in [5.41, 5.74) is -1.76. The van der Waals surface area contributed by atoms with Crippen molar-refractivity contribution in [1.82, 2.24) is 14.3 Å². The molecule has 10 heteroatoms. The summed E-state index contributed by atoms with van der Waals surface area (Å²) in [4.78, 5) is 38.0. The Labute approximate surface area is 132 Å². The fraction of sp³-hybridized carbons (Fsp3) is 0.615. The van der Waals surface area contributed by atoms with E-state index in [1.54, 1.807) is 6.92 Å². The number of aromatic nitrogens is 2. The van der Waals surface area contributed by atoms with Crippen LogP contribution in [0.15, 0.2) is 20.7 Å². The minimum atomic E-state index is -4.11. The van der Waals surface area contributed by atoms with E-state index in [2.05, 4.69) is 4.98 Å². The molecule has 0 unspecified atom stereocenters. The van der Waals surface area contributed by atoms with E-state index in [4.69, 9.17) is 4.74 Å². The second kappa shape index (κ2) is 7.09. The Kier molecular flexibility index (Phi) is 5.37. The van der Waals surface area contributed by atoms with Crippen molar-refractivity contribution in [3.8, 4) is 0 Å². The van der Waals surface area contributed by atoms with E-state index in [-0.39, 0.29) is 19.6 Å². The predicted molar refractivity (Wildman–Crippen MR) is 80.5 cm³/mol. The summed E-state index contributed by atoms with van der Waals surface area (Å²) >= 11 is 0. The molecule has 1 fully saturated rings. The third kappa shape index (κ3) is 3.88. The first kappa shape index (κ1) is 17.4. The van der Waals surface area contributed by atoms with E-state index < -0.39 is 38.2 Å². The number of nitrogens with one attached hydrogen (secondary N) is 2. The number of rotatable bonds is 5. The molecule has 1 aromatic rings. The molecule has 2 N–H and O–H groups in total. The highest BCUT2D eigenvalue weighted by molar-refractivity contribution is 7.89. The zero-order valence-corrected chi connectivity index (χ0v) is 13.5. The third-order valence-corrected chi connectivity index (χ3v) is 5.61. The van der Waals surface area contributed by atoms with Crippen molar-refractivity contribution >= 4 is 16.0 Å². The van der Waals surface area contributed by atoms with Gasteiger partial charge in [0.2, 0.25) is 10.0 Å². The first-order chi connectivity index (χ1) is 10.9. The molecule has 2 rings (SSSR count). The molecule has 128 valence electrons. The van der Waals surface area contributed by atoms with Crippen molar-refractivity contribution < 1.29 is 17.9 Å². The average molecular weight is 345 g/mol. The standard InChI is InChI=1S/C13H19N3O6S/c1-2-22-11(17)7-9-5-3-4-6-16(9)23(20,21)10-8-14-13(19)15-12(10)18/h8-9H,2-7H2,1H3,(H2,14,15,18,19)/t9-/m0/s1. The number of nitrogens with zero attached hydrogens (tertiary/aromatic N) is 1. The van der Waals surface area contributed by atoms with E-state index in [9.17, 15) is 22.8 Å². The number of aromatic amines is 2. The topological polar surface area (TPSA) is 129 Å². The fourth-order valence-electron chi connectivity index (χ4n) is 2.62. The molecule has 0 bridgehead atoms. The zero-order valence-electron chi connectivity index (χ0n) is 12.7. The van der Waals surface area contributed by atoms with Gasteiger partial charge >= 0.3 is 11.7 Å². The first-order valence-corrected chi connectivity index (χ1v) is 8.79. The molecule has 0 saturated carbocycles. The molecule has 1 aliphatic rings. The Bertz CT molecular complexity index is 781. The molecule has 0 aliphatic carbocycles. The molecule has 1 aromatic heterocycles. The lowest BCUT2D eigenvalue weighted by atomic mass is 10.0. The highest BCUT2D eigenvalue weighted by Gasteiger charge is 2.36. The molecule has 0 amide bonds. The zero-order chi connectivity index (χ0) is 17.0. The molecular formula is C13H19N3O6S. The van der Waals surface area contributed by atoms with Crippen molar-refractivity contribution in [3.63, 3.8) is 0 Å². The molecule has 0 radical (unpaired) electrons. The van der Waals surface area contributed by atoms with E-state index in [0.717, 1.165) is 16.9 Å². The fourth-order valence-corrected chi connectivity index (χ4v) is 4.31. The summed E-state index contributed by atoms with van der Waals surface area (Å²) in [6.07, 6.45) is 2.76. The SMILES string of the molecule is CCOC(=O)C[C@@H]1CCCCN1S(=O)(=O)c1c[nH]c(=O)[nH]c1=O. The van der Waals surface area contributed by atoms with Gasteiger partial charge in [0, 0.05) is 18.8 Å². The van der Waals surface area contributed by atoms with Crippen LogP contribution in [0, 0.1) is 0 Å². The van der Waals surface area contributed by atoms with Crippen molar-refractivity contribution in [2.75, 3.05) is 13.2 Å². The Hall–Kier alpha value is -1.94. The molecule has 0 spiro atoms. The van der Waals surface area contributed by atoms with Crippen LogP contribution in [0.3, 0.4) is 0 Å². The smallest absolute Gasteiger partial charge is 0.325 e. The molecular weight excluding hydrogens is 326 g/mol. The second-order valence-corrected chi connectivity index (χ2v) is 7.07. The average Bonchev–Trinajstić information content (AvgIpc) is 2.47. The highest BCUT2D eigenvalue weighted by Crippen LogP contribution is 2.25. The number of carbonyl (C=O) groups excluding carboxylic acids is 1. The van der Waals surface area contributed by atoms with Gasteiger partial charge < -0.3 is 9.72 Å². The number of carbonyl (C=O) groups is 1. The maximum Gasteiger partial charge on any atom is 0.325 e. The lowest BCUT2D eigenvalue weighted by Gasteiger charge is -2.33. The Balaban J connectivity index is 2.33. The normalized spacial score (nSPS) is 19.4. The summed E-state index contributed by atoms with van der Waals surface area (Å²) in [5, 5.41) is 0. The van der Waals surface area contributed by atoms with Crippen LogP contribution in [0.5, 0.6) is 0 Å². The van der Waals surface area contributed by atoms with Crippen LogP contribution < -0.4 is 11.2 Å². The van der Waals surface area contributed by atoms with Gasteiger partial charge in [-0.1, -0.05) is 6.42 Å². The minimum absolute atomic E-state index is 0.0612. The van der Waals surface area contributed by atoms with Gasteiger partial charge in [-0.2, -0.15) is 4.31 Å². The number of esters is 1. The van der Waals surface area contributed by atoms with Crippen LogP contribution in [0.4, 0.5) is 0 Å². The number of hydrogen-bond acceptors (Lipinski definition) is 6. The van der Waals surface area contributed by atoms with Crippen molar-refractivity contribution in [2.45, 2.75) is 43.5 Å². The maximum atomic E-state index is 12.7. The highest BCUT2D eigenvalue weighted by atomic mass is 32.2. The summed E-state index contributed by atoms with van der Waals surface area (Å²) in [6, 6.07) is -0.556. The molecule has 0 aromatic carbocycles. The van der Waals surface area contributed by atoms with E-state index in [1.807, 2.05) is 4.98 Å². The Morgan fingerprint density at radius 3 is 2.78 bits per heavy atom. The van der Waals surface area contributed by atoms with Crippen LogP contribution in [0.2, 0.25) is 0 Å². The molecule has 9 nitrogen and oxygen atoms in total. The van der Waals surface area contributed by atoms with Crippen LogP contribution in [0.25, 0.3) is 0 Å². The summed E-state index contributed by atoms with van der Waals surface area (Å²) < 4.78 is 31.4. The monoisotopic (exact) mass is 345 g/mol. The van der Waals surface area contributed by atoms with Gasteiger partial charge in [-0.25, -0.2) is 13.2 Å². The van der Waals surface area contributed by atoms with Gasteiger partial charge in [0.05, 0.1) is 13.0 Å². The van der Waals surface area contributed by atoms with Gasteiger partial charge in [-0.15, -0.1) is 0 Å². The molecule has 1 aliphatic heterocycles. The van der Waals surface area contributed by atoms with Crippen molar-refractivity contribution in [1.29, 1.82) is 0 Å². The van der Waals surface area contributed by atoms with Crippen molar-refractivity contribution in [2.24, 2.45) is 0 Å². The number of sulfonamides is 1. The summed E-state index contributed by atoms with van der Waals surface area (Å²) in [7, 11) is -4.11. The summed E-state index contributed by atoms with van der Waals surface area (Å²) in [6.45, 7) is 2.11. The third-order valence-electron chi connectivity index (χ3n) is 3.65. The van der Waals surface area contributed by atoms with Gasteiger partial charge in [0.1, 0.15) is 0 Å². The second-order valence-electron chi connectivity index (χ2n) is 5.21. The van der Waals surface area contributed by atoms with Gasteiger partial charge in [-0.05, 0) is 19.8 Å². The van der Waals surface area contributed by atoms with E-state index in [0.29, 0.717) is 12.8 Å². The quantitative estimate of drug-likeness (QED) is 0.696. The number of hydrogen-bond donors (Lipinski definition) is 2. The molecule has 1 atom stereocenters. The molecule has 2 heterocycles. The minimum Gasteiger partial charge on any atom is -0.466 e. The first-order valence-electron chi connectivity index (χ1n) is 7.35. The van der Waals surface area contributed by atoms with Crippen LogP contribution in [-0.2, 0) is 19.6 Å². The number of piperidine rings is 1. The molecule has 1 saturated heterocycles. The maximum absolute atomic E-state index is 12.7. The van der Waals surface area contributed by atoms with Crippen LogP contribution in [-0.4, -0.2) is 47.9 Å². The van der Waals surface area contributed by atoms with Crippen molar-refractivity contribution in [3.05, 3.63) is 27.0 Å². The van der Waals surface area contributed by atoms with Crippen LogP contribution >= 0.6 is 0 Å². The predicted octanol–water partition coefficient (Wildman–Crippen LogP) is -0.440. The largest absolute Gasteiger partial charge is 0.466 e. The van der Waals surface area contributed by atoms with Gasteiger partial charge in [0.15, 0.2) is 4.90 Å². The summed E-state index contributed by atoms with van der Waals surface area (Å²) in [5.74, 6) is -0.477. The van der Waals surface area contributed by atoms with E-state index >= 15 is 0 Å². The number of H-pyrrole nitrogens is 2. The van der Waals surface area contributed by atoms with Gasteiger partial charge in [-0.3, -0.25) is 14.6 Å². The number of ether oxygens (including phenoxy) is 1. The lowest BCUT2D eigenvalue weighted by molar-refractivity contribution is -0.144.